The van der Waals surface area contributed by atoms with Crippen LogP contribution in [-0.2, 0) is 9.53 Å². The molecule has 0 aliphatic heterocycles. The van der Waals surface area contributed by atoms with Gasteiger partial charge in [-0.05, 0) is 62.7 Å². The minimum atomic E-state index is -0.179. The molecule has 0 heterocycles. The Morgan fingerprint density at radius 2 is 1.54 bits per heavy atom. The first-order valence-electron chi connectivity index (χ1n) is 11.3. The first kappa shape index (κ1) is 21.3. The van der Waals surface area contributed by atoms with Crippen LogP contribution < -0.4 is 0 Å². The highest BCUT2D eigenvalue weighted by Crippen LogP contribution is 2.41. The lowest BCUT2D eigenvalue weighted by Gasteiger charge is -2.37. The Kier molecular flexibility index (Phi) is 10.1. The van der Waals surface area contributed by atoms with Crippen LogP contribution in [0.3, 0.4) is 0 Å². The maximum atomic E-state index is 11.9. The van der Waals surface area contributed by atoms with Crippen LogP contribution in [-0.4, -0.2) is 12.1 Å². The second-order valence-electron chi connectivity index (χ2n) is 8.45. The molecule has 2 nitrogen and oxygen atoms in total. The summed E-state index contributed by atoms with van der Waals surface area (Å²) in [4.78, 5) is 11.9. The van der Waals surface area contributed by atoms with Crippen molar-refractivity contribution in [1.29, 1.82) is 0 Å². The standard InChI is InChI=1S/C24H40O2/c1-3-5-7-9-11-24(25)26-23-18-16-22(17-19-23)21-14-12-20(13-15-21)10-8-6-4-2/h5,7,9,11,20-23H,3-4,6,8,10,12-19H2,1-2H3/b7-5+,11-9+. The molecule has 0 atom stereocenters. The van der Waals surface area contributed by atoms with Crippen LogP contribution >= 0.6 is 0 Å². The van der Waals surface area contributed by atoms with Crippen molar-refractivity contribution in [3.05, 3.63) is 24.3 Å². The van der Waals surface area contributed by atoms with Gasteiger partial charge in [0.15, 0.2) is 0 Å². The summed E-state index contributed by atoms with van der Waals surface area (Å²) in [7, 11) is 0. The van der Waals surface area contributed by atoms with Gasteiger partial charge in [-0.3, -0.25) is 0 Å². The second kappa shape index (κ2) is 12.4. The van der Waals surface area contributed by atoms with E-state index in [0.29, 0.717) is 0 Å². The van der Waals surface area contributed by atoms with Crippen LogP contribution in [0.15, 0.2) is 24.3 Å². The van der Waals surface area contributed by atoms with Gasteiger partial charge in [-0.2, -0.15) is 0 Å². The smallest absolute Gasteiger partial charge is 0.331 e. The maximum Gasteiger partial charge on any atom is 0.331 e. The number of rotatable bonds is 9. The van der Waals surface area contributed by atoms with Crippen LogP contribution in [0.25, 0.3) is 0 Å². The highest BCUT2D eigenvalue weighted by molar-refractivity contribution is 5.82. The normalized spacial score (nSPS) is 30.1. The fraction of sp³-hybridized carbons (Fsp3) is 0.792. The molecule has 26 heavy (non-hydrogen) atoms. The molecule has 0 unspecified atom stereocenters. The number of hydrogen-bond donors (Lipinski definition) is 0. The summed E-state index contributed by atoms with van der Waals surface area (Å²) in [6.45, 7) is 4.38. The van der Waals surface area contributed by atoms with E-state index in [1.54, 1.807) is 12.2 Å². The summed E-state index contributed by atoms with van der Waals surface area (Å²) < 4.78 is 5.62. The average molecular weight is 361 g/mol. The van der Waals surface area contributed by atoms with E-state index in [0.717, 1.165) is 37.0 Å². The Morgan fingerprint density at radius 1 is 0.885 bits per heavy atom. The molecular formula is C24H40O2. The number of esters is 1. The number of unbranched alkanes of at least 4 members (excludes halogenated alkanes) is 2. The lowest BCUT2D eigenvalue weighted by Crippen LogP contribution is -2.29. The van der Waals surface area contributed by atoms with E-state index >= 15 is 0 Å². The molecule has 0 saturated heterocycles. The Bertz CT molecular complexity index is 435. The summed E-state index contributed by atoms with van der Waals surface area (Å²) in [5.41, 5.74) is 0. The molecule has 2 aliphatic carbocycles. The molecule has 0 bridgehead atoms. The van der Waals surface area contributed by atoms with Gasteiger partial charge in [-0.1, -0.05) is 70.6 Å². The zero-order chi connectivity index (χ0) is 18.6. The first-order valence-corrected chi connectivity index (χ1v) is 11.3. The zero-order valence-corrected chi connectivity index (χ0v) is 17.1. The molecule has 0 N–H and O–H groups in total. The topological polar surface area (TPSA) is 26.3 Å². The van der Waals surface area contributed by atoms with Crippen molar-refractivity contribution in [1.82, 2.24) is 0 Å². The van der Waals surface area contributed by atoms with E-state index in [1.807, 2.05) is 12.2 Å². The van der Waals surface area contributed by atoms with Crippen molar-refractivity contribution in [3.8, 4) is 0 Å². The van der Waals surface area contributed by atoms with Gasteiger partial charge in [0.25, 0.3) is 0 Å². The maximum absolute atomic E-state index is 11.9. The van der Waals surface area contributed by atoms with Gasteiger partial charge in [0.2, 0.25) is 0 Å². The molecule has 0 aromatic heterocycles. The van der Waals surface area contributed by atoms with E-state index in [-0.39, 0.29) is 12.1 Å². The van der Waals surface area contributed by atoms with Gasteiger partial charge in [-0.25, -0.2) is 4.79 Å². The average Bonchev–Trinajstić information content (AvgIpc) is 2.67. The summed E-state index contributed by atoms with van der Waals surface area (Å²) >= 11 is 0. The van der Waals surface area contributed by atoms with Gasteiger partial charge in [-0.15, -0.1) is 0 Å². The fourth-order valence-corrected chi connectivity index (χ4v) is 4.86. The third kappa shape index (κ3) is 7.68. The highest BCUT2D eigenvalue weighted by Gasteiger charge is 2.31. The number of carbonyl (C=O) groups excluding carboxylic acids is 1. The number of ether oxygens (including phenoxy) is 1. The summed E-state index contributed by atoms with van der Waals surface area (Å²) in [6.07, 6.45) is 24.5. The van der Waals surface area contributed by atoms with Crippen molar-refractivity contribution < 1.29 is 9.53 Å². The summed E-state index contributed by atoms with van der Waals surface area (Å²) in [5, 5.41) is 0. The molecule has 2 rings (SSSR count). The van der Waals surface area contributed by atoms with Gasteiger partial charge in [0.1, 0.15) is 6.10 Å². The number of carbonyl (C=O) groups is 1. The van der Waals surface area contributed by atoms with Gasteiger partial charge >= 0.3 is 5.97 Å². The molecule has 2 saturated carbocycles. The van der Waals surface area contributed by atoms with Crippen molar-refractivity contribution in [2.24, 2.45) is 17.8 Å². The minimum Gasteiger partial charge on any atom is -0.459 e. The van der Waals surface area contributed by atoms with Crippen molar-refractivity contribution >= 4 is 5.97 Å². The Hall–Kier alpha value is -1.05. The highest BCUT2D eigenvalue weighted by atomic mass is 16.5. The van der Waals surface area contributed by atoms with E-state index in [9.17, 15) is 4.79 Å². The van der Waals surface area contributed by atoms with Crippen molar-refractivity contribution in [3.63, 3.8) is 0 Å². The fourth-order valence-electron chi connectivity index (χ4n) is 4.86. The van der Waals surface area contributed by atoms with Crippen LogP contribution in [0.4, 0.5) is 0 Å². The molecule has 2 aliphatic rings. The third-order valence-electron chi connectivity index (χ3n) is 6.49. The molecule has 148 valence electrons. The SMILES string of the molecule is CC/C=C/C=C/C(=O)OC1CCC(C2CCC(CCCCC)CC2)CC1. The van der Waals surface area contributed by atoms with Crippen LogP contribution in [0.5, 0.6) is 0 Å². The second-order valence-corrected chi connectivity index (χ2v) is 8.45. The molecule has 0 radical (unpaired) electrons. The molecule has 2 fully saturated rings. The van der Waals surface area contributed by atoms with Gasteiger partial charge in [0, 0.05) is 6.08 Å². The molecule has 0 aromatic carbocycles. The Labute approximate surface area is 161 Å². The van der Waals surface area contributed by atoms with E-state index in [1.165, 1.54) is 64.2 Å². The number of hydrogen-bond acceptors (Lipinski definition) is 2. The predicted molar refractivity (Wildman–Crippen MR) is 110 cm³/mol. The summed E-state index contributed by atoms with van der Waals surface area (Å²) in [6, 6.07) is 0. The lowest BCUT2D eigenvalue weighted by atomic mass is 9.70. The van der Waals surface area contributed by atoms with Crippen LogP contribution in [0.1, 0.15) is 97.3 Å². The Morgan fingerprint density at radius 3 is 2.15 bits per heavy atom. The minimum absolute atomic E-state index is 0.143. The molecule has 0 spiro atoms. The molecule has 0 aromatic rings. The molecule has 0 amide bonds. The van der Waals surface area contributed by atoms with Crippen LogP contribution in [0.2, 0.25) is 0 Å². The van der Waals surface area contributed by atoms with E-state index in [4.69, 9.17) is 4.74 Å². The van der Waals surface area contributed by atoms with Crippen LogP contribution in [0, 0.1) is 17.8 Å². The monoisotopic (exact) mass is 360 g/mol. The quantitative estimate of drug-likeness (QED) is 0.191. The van der Waals surface area contributed by atoms with E-state index < -0.39 is 0 Å². The molecule has 2 heteroatoms. The zero-order valence-electron chi connectivity index (χ0n) is 17.1. The van der Waals surface area contributed by atoms with Gasteiger partial charge < -0.3 is 4.74 Å². The third-order valence-corrected chi connectivity index (χ3v) is 6.49. The van der Waals surface area contributed by atoms with E-state index in [2.05, 4.69) is 13.8 Å². The molecular weight excluding hydrogens is 320 g/mol. The van der Waals surface area contributed by atoms with Crippen molar-refractivity contribution in [2.45, 2.75) is 103 Å². The van der Waals surface area contributed by atoms with Gasteiger partial charge in [0.05, 0.1) is 0 Å². The van der Waals surface area contributed by atoms with Crippen molar-refractivity contribution in [2.75, 3.05) is 0 Å². The predicted octanol–water partition coefficient (Wildman–Crippen LogP) is 7.00. The lowest BCUT2D eigenvalue weighted by molar-refractivity contribution is -0.145. The largest absolute Gasteiger partial charge is 0.459 e. The Balaban J connectivity index is 1.62. The number of allylic oxidation sites excluding steroid dienone is 3. The first-order chi connectivity index (χ1) is 12.7. The summed E-state index contributed by atoms with van der Waals surface area (Å²) in [5.74, 6) is 2.64.